The lowest BCUT2D eigenvalue weighted by Crippen LogP contribution is -2.51. The minimum Gasteiger partial charge on any atom is -0.396 e. The summed E-state index contributed by atoms with van der Waals surface area (Å²) in [4.78, 5) is 18.4. The first-order valence-corrected chi connectivity index (χ1v) is 8.96. The molecule has 0 bridgehead atoms. The lowest BCUT2D eigenvalue weighted by atomic mass is 9.74. The van der Waals surface area contributed by atoms with Crippen molar-refractivity contribution in [1.29, 1.82) is 0 Å². The lowest BCUT2D eigenvalue weighted by Gasteiger charge is -2.46. The molecule has 5 heteroatoms. The average molecular weight is 340 g/mol. The van der Waals surface area contributed by atoms with E-state index in [4.69, 9.17) is 0 Å². The van der Waals surface area contributed by atoms with Crippen LogP contribution < -0.4 is 0 Å². The van der Waals surface area contributed by atoms with Crippen LogP contribution >= 0.6 is 0 Å². The minimum absolute atomic E-state index is 0.000793. The van der Waals surface area contributed by atoms with E-state index in [0.29, 0.717) is 6.54 Å². The van der Waals surface area contributed by atoms with E-state index >= 15 is 0 Å². The third-order valence-corrected chi connectivity index (χ3v) is 5.95. The van der Waals surface area contributed by atoms with Gasteiger partial charge in [-0.3, -0.25) is 4.79 Å². The molecule has 1 aromatic heterocycles. The Balaban J connectivity index is 1.79. The topological polar surface area (TPSA) is 76.6 Å². The first-order valence-electron chi connectivity index (χ1n) is 8.96. The molecule has 2 aliphatic rings. The van der Waals surface area contributed by atoms with Gasteiger partial charge in [0.25, 0.3) is 0 Å². The largest absolute Gasteiger partial charge is 0.396 e. The highest BCUT2D eigenvalue weighted by Gasteiger charge is 2.45. The van der Waals surface area contributed by atoms with Crippen molar-refractivity contribution in [2.45, 2.75) is 25.8 Å². The Hall–Kier alpha value is -2.11. The van der Waals surface area contributed by atoms with E-state index in [2.05, 4.69) is 17.1 Å². The Bertz CT molecular complexity index is 839. The predicted octanol–water partition coefficient (Wildman–Crippen LogP) is 2.16. The summed E-state index contributed by atoms with van der Waals surface area (Å²) in [5.74, 6) is -0.576. The van der Waals surface area contributed by atoms with Gasteiger partial charge in [-0.15, -0.1) is 0 Å². The number of carbonyl (C=O) groups excluding carboxylic acids is 1. The molecule has 2 aromatic rings. The molecule has 1 saturated heterocycles. The molecular formula is C20H24N2O3. The third kappa shape index (κ3) is 2.41. The second-order valence-corrected chi connectivity index (χ2v) is 7.01. The standard InChI is InChI=1S/C20H24N2O3/c1-2-12(10-23)15-9-18-19-14(13-5-3-4-6-17(13)21-19)7-8-22(18)20(25)16(15)11-24/h2-6,15-16,18,21,23-24H,7-11H2,1H3/b12-2-/t15-,16+,18-/m0/s1. The van der Waals surface area contributed by atoms with Crippen LogP contribution in [-0.4, -0.2) is 45.8 Å². The molecule has 5 nitrogen and oxygen atoms in total. The normalized spacial score (nSPS) is 26.7. The van der Waals surface area contributed by atoms with Gasteiger partial charge in [0, 0.05) is 23.1 Å². The van der Waals surface area contributed by atoms with E-state index < -0.39 is 5.92 Å². The third-order valence-electron chi connectivity index (χ3n) is 5.95. The number of aromatic amines is 1. The van der Waals surface area contributed by atoms with Crippen LogP contribution in [0.3, 0.4) is 0 Å². The van der Waals surface area contributed by atoms with Crippen molar-refractivity contribution in [2.24, 2.45) is 11.8 Å². The number of aliphatic hydroxyl groups is 2. The van der Waals surface area contributed by atoms with E-state index in [0.717, 1.165) is 29.6 Å². The van der Waals surface area contributed by atoms with E-state index in [-0.39, 0.29) is 31.1 Å². The number of amides is 1. The van der Waals surface area contributed by atoms with Crippen LogP contribution in [0.1, 0.15) is 30.6 Å². The van der Waals surface area contributed by atoms with Crippen molar-refractivity contribution in [3.05, 3.63) is 47.2 Å². The highest BCUT2D eigenvalue weighted by Crippen LogP contribution is 2.45. The molecule has 2 aliphatic heterocycles. The first-order chi connectivity index (χ1) is 12.2. The number of aromatic nitrogens is 1. The van der Waals surface area contributed by atoms with Crippen LogP contribution in [0.4, 0.5) is 0 Å². The number of nitrogens with one attached hydrogen (secondary N) is 1. The number of hydrogen-bond acceptors (Lipinski definition) is 3. The van der Waals surface area contributed by atoms with Gasteiger partial charge in [-0.25, -0.2) is 0 Å². The molecule has 0 aliphatic carbocycles. The SMILES string of the molecule is C/C=C(/CO)[C@@H]1C[C@H]2c3[nH]c4ccccc4c3CCN2C(=O)[C@@H]1CO. The highest BCUT2D eigenvalue weighted by atomic mass is 16.3. The zero-order valence-electron chi connectivity index (χ0n) is 14.4. The molecule has 3 N–H and O–H groups in total. The smallest absolute Gasteiger partial charge is 0.229 e. The Morgan fingerprint density at radius 3 is 2.88 bits per heavy atom. The van der Waals surface area contributed by atoms with Crippen molar-refractivity contribution in [3.8, 4) is 0 Å². The summed E-state index contributed by atoms with van der Waals surface area (Å²) < 4.78 is 0. The van der Waals surface area contributed by atoms with Crippen molar-refractivity contribution >= 4 is 16.8 Å². The molecule has 3 atom stereocenters. The number of rotatable bonds is 3. The summed E-state index contributed by atoms with van der Waals surface area (Å²) in [6.07, 6.45) is 3.45. The Kier molecular flexibility index (Phi) is 4.13. The Morgan fingerprint density at radius 1 is 1.36 bits per heavy atom. The maximum Gasteiger partial charge on any atom is 0.229 e. The number of H-pyrrole nitrogens is 1. The summed E-state index contributed by atoms with van der Waals surface area (Å²) in [7, 11) is 0. The molecule has 0 saturated carbocycles. The summed E-state index contributed by atoms with van der Waals surface area (Å²) in [6.45, 7) is 2.32. The van der Waals surface area contributed by atoms with Crippen LogP contribution in [0.2, 0.25) is 0 Å². The maximum atomic E-state index is 13.0. The molecule has 3 heterocycles. The van der Waals surface area contributed by atoms with Gasteiger partial charge in [0.2, 0.25) is 5.91 Å². The Labute approximate surface area is 147 Å². The van der Waals surface area contributed by atoms with E-state index in [1.54, 1.807) is 0 Å². The van der Waals surface area contributed by atoms with Crippen LogP contribution in [0.25, 0.3) is 10.9 Å². The monoisotopic (exact) mass is 340 g/mol. The minimum atomic E-state index is -0.458. The van der Waals surface area contributed by atoms with Crippen LogP contribution in [0, 0.1) is 11.8 Å². The summed E-state index contributed by atoms with van der Waals surface area (Å²) in [5, 5.41) is 20.7. The zero-order valence-corrected chi connectivity index (χ0v) is 14.4. The van der Waals surface area contributed by atoms with Gasteiger partial charge >= 0.3 is 0 Å². The quantitative estimate of drug-likeness (QED) is 0.750. The van der Waals surface area contributed by atoms with Gasteiger partial charge in [-0.1, -0.05) is 24.3 Å². The van der Waals surface area contributed by atoms with Crippen molar-refractivity contribution in [3.63, 3.8) is 0 Å². The first kappa shape index (κ1) is 16.4. The summed E-state index contributed by atoms with van der Waals surface area (Å²) in [5.41, 5.74) is 4.37. The maximum absolute atomic E-state index is 13.0. The van der Waals surface area contributed by atoms with E-state index in [1.807, 2.05) is 30.0 Å². The van der Waals surface area contributed by atoms with Crippen LogP contribution in [0.5, 0.6) is 0 Å². The van der Waals surface area contributed by atoms with Crippen molar-refractivity contribution < 1.29 is 15.0 Å². The number of benzene rings is 1. The number of nitrogens with zero attached hydrogens (tertiary/aromatic N) is 1. The number of aliphatic hydroxyl groups excluding tert-OH is 2. The fraction of sp³-hybridized carbons (Fsp3) is 0.450. The number of hydrogen-bond donors (Lipinski definition) is 3. The van der Waals surface area contributed by atoms with Gasteiger partial charge in [0.05, 0.1) is 25.2 Å². The number of piperidine rings is 1. The number of allylic oxidation sites excluding steroid dienone is 1. The average Bonchev–Trinajstić information content (AvgIpc) is 3.02. The van der Waals surface area contributed by atoms with Crippen molar-refractivity contribution in [2.75, 3.05) is 19.8 Å². The van der Waals surface area contributed by atoms with E-state index in [9.17, 15) is 15.0 Å². The zero-order chi connectivity index (χ0) is 17.6. The van der Waals surface area contributed by atoms with E-state index in [1.165, 1.54) is 10.9 Å². The molecule has 1 fully saturated rings. The Morgan fingerprint density at radius 2 is 2.16 bits per heavy atom. The number of para-hydroxylation sites is 1. The molecule has 4 rings (SSSR count). The second-order valence-electron chi connectivity index (χ2n) is 7.01. The van der Waals surface area contributed by atoms with Crippen LogP contribution in [0.15, 0.2) is 35.9 Å². The van der Waals surface area contributed by atoms with Crippen LogP contribution in [-0.2, 0) is 11.2 Å². The molecular weight excluding hydrogens is 316 g/mol. The summed E-state index contributed by atoms with van der Waals surface area (Å²) >= 11 is 0. The number of carbonyl (C=O) groups is 1. The van der Waals surface area contributed by atoms with Crippen molar-refractivity contribution in [1.82, 2.24) is 9.88 Å². The lowest BCUT2D eigenvalue weighted by molar-refractivity contribution is -0.147. The highest BCUT2D eigenvalue weighted by molar-refractivity contribution is 5.87. The van der Waals surface area contributed by atoms with Gasteiger partial charge < -0.3 is 20.1 Å². The molecule has 0 unspecified atom stereocenters. The molecule has 25 heavy (non-hydrogen) atoms. The van der Waals surface area contributed by atoms with Gasteiger partial charge in [-0.2, -0.15) is 0 Å². The molecule has 132 valence electrons. The molecule has 1 aromatic carbocycles. The second kappa shape index (κ2) is 6.32. The van der Waals surface area contributed by atoms with Gasteiger partial charge in [-0.05, 0) is 42.9 Å². The fourth-order valence-electron chi connectivity index (χ4n) is 4.66. The molecule has 0 radical (unpaired) electrons. The predicted molar refractivity (Wildman–Crippen MR) is 96.0 cm³/mol. The number of fused-ring (bicyclic) bond motifs is 5. The molecule has 1 amide bonds. The summed E-state index contributed by atoms with van der Waals surface area (Å²) in [6, 6.07) is 8.25. The molecule has 0 spiro atoms. The van der Waals surface area contributed by atoms with Gasteiger partial charge in [0.15, 0.2) is 0 Å². The van der Waals surface area contributed by atoms with Gasteiger partial charge in [0.1, 0.15) is 0 Å². The fourth-order valence-corrected chi connectivity index (χ4v) is 4.66.